The number of nitrogens with one attached hydrogen (secondary N) is 2. The fraction of sp³-hybridized carbons (Fsp3) is 0.167. The molecule has 1 aromatic carbocycles. The Morgan fingerprint density at radius 2 is 2.10 bits per heavy atom. The smallest absolute Gasteiger partial charge is 0.278 e. The van der Waals surface area contributed by atoms with E-state index in [9.17, 15) is 4.79 Å². The van der Waals surface area contributed by atoms with Gasteiger partial charge in [-0.25, -0.2) is 0 Å². The summed E-state index contributed by atoms with van der Waals surface area (Å²) in [5, 5.41) is 9.29. The number of aromatic amines is 1. The molecule has 0 unspecified atom stereocenters. The van der Waals surface area contributed by atoms with E-state index >= 15 is 0 Å². The van der Waals surface area contributed by atoms with Gasteiger partial charge in [-0.1, -0.05) is 0 Å². The zero-order chi connectivity index (χ0) is 14.9. The van der Waals surface area contributed by atoms with Crippen molar-refractivity contribution in [2.24, 2.45) is 0 Å². The van der Waals surface area contributed by atoms with E-state index in [2.05, 4.69) is 47.4 Å². The highest BCUT2D eigenvalue weighted by Crippen LogP contribution is 2.34. The van der Waals surface area contributed by atoms with E-state index in [0.29, 0.717) is 27.3 Å². The number of rotatable bonds is 3. The molecule has 0 aliphatic heterocycles. The van der Waals surface area contributed by atoms with Gasteiger partial charge in [0.1, 0.15) is 5.75 Å². The average Bonchev–Trinajstić information content (AvgIpc) is 2.73. The first-order valence-electron chi connectivity index (χ1n) is 5.59. The maximum atomic E-state index is 12.1. The second-order valence-corrected chi connectivity index (χ2v) is 5.74. The number of nitrogen functional groups attached to an aromatic ring is 1. The summed E-state index contributed by atoms with van der Waals surface area (Å²) < 4.78 is 6.68. The molecule has 2 aromatic rings. The first kappa shape index (κ1) is 14.9. The molecule has 8 heteroatoms. The molecule has 0 saturated heterocycles. The number of nitrogens with two attached hydrogens (primary N) is 1. The van der Waals surface area contributed by atoms with E-state index in [1.807, 2.05) is 0 Å². The van der Waals surface area contributed by atoms with Crippen LogP contribution in [-0.4, -0.2) is 23.2 Å². The Balaban J connectivity index is 2.30. The molecule has 1 heterocycles. The van der Waals surface area contributed by atoms with Gasteiger partial charge in [-0.3, -0.25) is 9.89 Å². The van der Waals surface area contributed by atoms with Crippen LogP contribution in [-0.2, 0) is 0 Å². The van der Waals surface area contributed by atoms with Crippen molar-refractivity contribution in [1.82, 2.24) is 10.2 Å². The number of amides is 1. The molecule has 4 N–H and O–H groups in total. The van der Waals surface area contributed by atoms with Crippen molar-refractivity contribution < 1.29 is 9.53 Å². The summed E-state index contributed by atoms with van der Waals surface area (Å²) in [6.45, 7) is 1.75. The highest BCUT2D eigenvalue weighted by atomic mass is 79.9. The van der Waals surface area contributed by atoms with Gasteiger partial charge in [-0.15, -0.1) is 0 Å². The first-order valence-corrected chi connectivity index (χ1v) is 7.17. The van der Waals surface area contributed by atoms with E-state index in [0.717, 1.165) is 4.47 Å². The van der Waals surface area contributed by atoms with Crippen molar-refractivity contribution in [2.45, 2.75) is 6.92 Å². The fourth-order valence-electron chi connectivity index (χ4n) is 1.57. The van der Waals surface area contributed by atoms with E-state index in [1.165, 1.54) is 0 Å². The van der Waals surface area contributed by atoms with E-state index < -0.39 is 5.91 Å². The number of halogens is 2. The number of ether oxygens (including phenoxy) is 1. The monoisotopic (exact) mass is 402 g/mol. The average molecular weight is 404 g/mol. The minimum atomic E-state index is -0.392. The molecule has 1 amide bonds. The molecule has 0 spiro atoms. The number of hydrogen-bond donors (Lipinski definition) is 3. The highest BCUT2D eigenvalue weighted by Gasteiger charge is 2.17. The Morgan fingerprint density at radius 3 is 2.65 bits per heavy atom. The number of nitrogens with zero attached hydrogens (tertiary/aromatic N) is 1. The fourth-order valence-corrected chi connectivity index (χ4v) is 2.83. The number of hydrogen-bond acceptors (Lipinski definition) is 4. The molecule has 106 valence electrons. The zero-order valence-corrected chi connectivity index (χ0v) is 13.9. The molecule has 0 radical (unpaired) electrons. The van der Waals surface area contributed by atoms with E-state index in [4.69, 9.17) is 10.5 Å². The minimum Gasteiger partial charge on any atom is -0.495 e. The molecule has 6 nitrogen and oxygen atoms in total. The Bertz CT molecular complexity index is 670. The van der Waals surface area contributed by atoms with Crippen LogP contribution in [0, 0.1) is 6.92 Å². The van der Waals surface area contributed by atoms with Crippen molar-refractivity contribution in [3.8, 4) is 5.75 Å². The largest absolute Gasteiger partial charge is 0.495 e. The Kier molecular flexibility index (Phi) is 4.34. The number of H-pyrrole nitrogens is 1. The van der Waals surface area contributed by atoms with Crippen molar-refractivity contribution in [3.05, 3.63) is 32.5 Å². The predicted molar refractivity (Wildman–Crippen MR) is 84.1 cm³/mol. The molecule has 1 aromatic heterocycles. The maximum absolute atomic E-state index is 12.1. The summed E-state index contributed by atoms with van der Waals surface area (Å²) in [7, 11) is 1.55. The van der Waals surface area contributed by atoms with Crippen LogP contribution in [0.25, 0.3) is 0 Å². The lowest BCUT2D eigenvalue weighted by atomic mass is 10.2. The molecule has 0 aliphatic rings. The Hall–Kier alpha value is -1.54. The van der Waals surface area contributed by atoms with Crippen LogP contribution in [0.1, 0.15) is 16.2 Å². The van der Waals surface area contributed by atoms with Crippen LogP contribution in [0.3, 0.4) is 0 Å². The van der Waals surface area contributed by atoms with Crippen LogP contribution >= 0.6 is 31.9 Å². The number of benzene rings is 1. The van der Waals surface area contributed by atoms with Crippen LogP contribution in [0.2, 0.25) is 0 Å². The van der Waals surface area contributed by atoms with Gasteiger partial charge < -0.3 is 15.8 Å². The topological polar surface area (TPSA) is 93.0 Å². The Morgan fingerprint density at radius 1 is 1.40 bits per heavy atom. The van der Waals surface area contributed by atoms with Crippen LogP contribution in [0.4, 0.5) is 11.4 Å². The van der Waals surface area contributed by atoms with Crippen molar-refractivity contribution in [3.63, 3.8) is 0 Å². The molecule has 0 saturated carbocycles. The third-order valence-electron chi connectivity index (χ3n) is 2.70. The summed E-state index contributed by atoms with van der Waals surface area (Å²) in [5.41, 5.74) is 7.50. The summed E-state index contributed by atoms with van der Waals surface area (Å²) in [6, 6.07) is 3.48. The lowest BCUT2D eigenvalue weighted by Crippen LogP contribution is -2.14. The standard InChI is InChI=1S/C12H12Br2N4O2/c1-5-10(15)11(18-17-5)12(19)16-8-4-9(20-2)7(14)3-6(8)13/h3-4H,15H2,1-2H3,(H,16,19)(H,17,18). The van der Waals surface area contributed by atoms with Crippen molar-refractivity contribution >= 4 is 49.1 Å². The summed E-state index contributed by atoms with van der Waals surface area (Å²) in [4.78, 5) is 12.1. The third kappa shape index (κ3) is 2.80. The molecule has 0 bridgehead atoms. The normalized spacial score (nSPS) is 10.4. The lowest BCUT2D eigenvalue weighted by molar-refractivity contribution is 0.102. The second-order valence-electron chi connectivity index (χ2n) is 4.03. The summed E-state index contributed by atoms with van der Waals surface area (Å²) >= 11 is 6.74. The minimum absolute atomic E-state index is 0.163. The van der Waals surface area contributed by atoms with Gasteiger partial charge in [0, 0.05) is 10.5 Å². The maximum Gasteiger partial charge on any atom is 0.278 e. The number of carbonyl (C=O) groups is 1. The summed E-state index contributed by atoms with van der Waals surface area (Å²) in [6.07, 6.45) is 0. The van der Waals surface area contributed by atoms with Gasteiger partial charge in [0.2, 0.25) is 0 Å². The van der Waals surface area contributed by atoms with Gasteiger partial charge >= 0.3 is 0 Å². The molecule has 0 fully saturated rings. The number of carbonyl (C=O) groups excluding carboxylic acids is 1. The number of aromatic nitrogens is 2. The van der Waals surface area contributed by atoms with Crippen LogP contribution < -0.4 is 15.8 Å². The van der Waals surface area contributed by atoms with Gasteiger partial charge in [0.25, 0.3) is 5.91 Å². The van der Waals surface area contributed by atoms with Crippen molar-refractivity contribution in [2.75, 3.05) is 18.2 Å². The van der Waals surface area contributed by atoms with Gasteiger partial charge in [0.15, 0.2) is 5.69 Å². The van der Waals surface area contributed by atoms with Crippen LogP contribution in [0.5, 0.6) is 5.75 Å². The lowest BCUT2D eigenvalue weighted by Gasteiger charge is -2.10. The number of methoxy groups -OCH3 is 1. The van der Waals surface area contributed by atoms with Crippen molar-refractivity contribution in [1.29, 1.82) is 0 Å². The number of anilines is 2. The van der Waals surface area contributed by atoms with Gasteiger partial charge in [0.05, 0.1) is 28.7 Å². The Labute approximate surface area is 132 Å². The third-order valence-corrected chi connectivity index (χ3v) is 3.98. The zero-order valence-electron chi connectivity index (χ0n) is 10.8. The van der Waals surface area contributed by atoms with E-state index in [-0.39, 0.29) is 5.69 Å². The molecule has 0 aliphatic carbocycles. The predicted octanol–water partition coefficient (Wildman–Crippen LogP) is 3.09. The highest BCUT2D eigenvalue weighted by molar-refractivity contribution is 9.11. The van der Waals surface area contributed by atoms with Gasteiger partial charge in [-0.2, -0.15) is 5.10 Å². The van der Waals surface area contributed by atoms with Crippen LogP contribution in [0.15, 0.2) is 21.1 Å². The molecular formula is C12H12Br2N4O2. The summed E-state index contributed by atoms with van der Waals surface area (Å²) in [5.74, 6) is 0.214. The second kappa shape index (κ2) is 5.84. The molecular weight excluding hydrogens is 392 g/mol. The van der Waals surface area contributed by atoms with Gasteiger partial charge in [-0.05, 0) is 44.8 Å². The first-order chi connectivity index (χ1) is 9.43. The van der Waals surface area contributed by atoms with E-state index in [1.54, 1.807) is 26.2 Å². The number of aryl methyl sites for hydroxylation is 1. The quantitative estimate of drug-likeness (QED) is 0.733. The molecule has 2 rings (SSSR count). The molecule has 0 atom stereocenters. The SMILES string of the molecule is COc1cc(NC(=O)c2n[nH]c(C)c2N)c(Br)cc1Br. The molecule has 20 heavy (non-hydrogen) atoms.